The highest BCUT2D eigenvalue weighted by molar-refractivity contribution is 9.11. The SMILES string of the molecule is CCC(=O)c1c(-c2nocc2C)oc2cc(N(C)S(C)(=O)=O)c(Br)cc12.CCOC1ON=C(c2oc3cc(N(C)S(C)(=O)=O)c(Br)cc3c2C(=O)CC)C1C. The maximum atomic E-state index is 12.8. The molecule has 5 aromatic rings. The number of ether oxygens (including phenoxy) is 1. The molecule has 0 radical (unpaired) electrons. The minimum Gasteiger partial charge on any atom is -0.454 e. The highest BCUT2D eigenvalue weighted by atomic mass is 79.9. The lowest BCUT2D eigenvalue weighted by atomic mass is 9.96. The Hall–Kier alpha value is -4.04. The third-order valence-electron chi connectivity index (χ3n) is 9.01. The van der Waals surface area contributed by atoms with E-state index in [9.17, 15) is 26.4 Å². The number of Topliss-reactive ketones (excluding diaryl/α,β-unsaturated/α-hetero) is 2. The number of carbonyl (C=O) groups is 2. The van der Waals surface area contributed by atoms with Crippen molar-refractivity contribution in [3.05, 3.63) is 61.9 Å². The third-order valence-corrected chi connectivity index (χ3v) is 12.7. The van der Waals surface area contributed by atoms with Gasteiger partial charge in [0.2, 0.25) is 26.3 Å². The minimum atomic E-state index is -3.47. The fourth-order valence-electron chi connectivity index (χ4n) is 5.81. The summed E-state index contributed by atoms with van der Waals surface area (Å²) in [4.78, 5) is 30.7. The summed E-state index contributed by atoms with van der Waals surface area (Å²) in [5.41, 5.74) is 4.10. The zero-order valence-corrected chi connectivity index (χ0v) is 36.3. The number of benzene rings is 2. The highest BCUT2D eigenvalue weighted by Crippen LogP contribution is 2.41. The molecule has 296 valence electrons. The minimum absolute atomic E-state index is 0.0998. The molecule has 6 rings (SSSR count). The second-order valence-electron chi connectivity index (χ2n) is 12.8. The van der Waals surface area contributed by atoms with Crippen LogP contribution in [0.3, 0.4) is 0 Å². The molecule has 3 aromatic heterocycles. The number of hydrogen-bond acceptors (Lipinski definition) is 13. The van der Waals surface area contributed by atoms with Crippen LogP contribution in [0.15, 0.2) is 58.0 Å². The van der Waals surface area contributed by atoms with Crippen LogP contribution in [0.4, 0.5) is 11.4 Å². The van der Waals surface area contributed by atoms with E-state index in [0.717, 1.165) is 26.7 Å². The average molecular weight is 929 g/mol. The summed E-state index contributed by atoms with van der Waals surface area (Å²) in [7, 11) is -4.03. The first kappa shape index (κ1) is 42.1. The predicted molar refractivity (Wildman–Crippen MR) is 216 cm³/mol. The van der Waals surface area contributed by atoms with E-state index in [1.807, 2.05) is 13.8 Å². The van der Waals surface area contributed by atoms with E-state index < -0.39 is 26.3 Å². The molecule has 1 aliphatic rings. The Labute approximate surface area is 335 Å². The van der Waals surface area contributed by atoms with Crippen LogP contribution in [0.25, 0.3) is 33.4 Å². The normalized spacial score (nSPS) is 15.8. The van der Waals surface area contributed by atoms with Gasteiger partial charge in [-0.25, -0.2) is 16.8 Å². The first-order chi connectivity index (χ1) is 25.7. The number of oxime groups is 1. The van der Waals surface area contributed by atoms with Crippen LogP contribution >= 0.6 is 31.9 Å². The van der Waals surface area contributed by atoms with Gasteiger partial charge >= 0.3 is 0 Å². The molecule has 0 N–H and O–H groups in total. The molecule has 1 aliphatic heterocycles. The lowest BCUT2D eigenvalue weighted by Gasteiger charge is -2.18. The van der Waals surface area contributed by atoms with E-state index >= 15 is 0 Å². The number of nitrogens with zero attached hydrogens (tertiary/aromatic N) is 4. The number of rotatable bonds is 12. The van der Waals surface area contributed by atoms with E-state index in [2.05, 4.69) is 42.2 Å². The summed E-state index contributed by atoms with van der Waals surface area (Å²) in [5, 5.41) is 9.22. The Kier molecular flexibility index (Phi) is 12.4. The lowest BCUT2D eigenvalue weighted by molar-refractivity contribution is -0.138. The van der Waals surface area contributed by atoms with Crippen molar-refractivity contribution >= 4 is 102 Å². The molecule has 0 spiro atoms. The van der Waals surface area contributed by atoms with E-state index in [-0.39, 0.29) is 23.9 Å². The van der Waals surface area contributed by atoms with Gasteiger partial charge in [0.05, 0.1) is 40.9 Å². The van der Waals surface area contributed by atoms with Gasteiger partial charge in [0.1, 0.15) is 23.1 Å². The number of halogens is 2. The fourth-order valence-corrected chi connectivity index (χ4v) is 8.28. The van der Waals surface area contributed by atoms with Crippen molar-refractivity contribution in [1.29, 1.82) is 0 Å². The first-order valence-electron chi connectivity index (χ1n) is 17.0. The van der Waals surface area contributed by atoms with Crippen molar-refractivity contribution in [3.63, 3.8) is 0 Å². The molecule has 0 amide bonds. The zero-order chi connectivity index (χ0) is 40.7. The van der Waals surface area contributed by atoms with Gasteiger partial charge in [-0.1, -0.05) is 31.1 Å². The summed E-state index contributed by atoms with van der Waals surface area (Å²) in [6.45, 7) is 9.55. The standard InChI is InChI=1S/C19H23BrN2O6S.C17H17BrN2O5S/c1-6-14(23)16-11-8-12(20)13(22(4)29(5,24)25)9-15(11)27-18(16)17-10(3)19(26-7-2)28-21-17;1-5-13(21)15-10-6-11(18)12(20(3)26(4,22)23)7-14(10)25-17(15)16-9(2)8-24-19-16/h8-10,19H,6-7H2,1-5H3;6-8H,5H2,1-4H3. The van der Waals surface area contributed by atoms with Crippen LogP contribution in [0.5, 0.6) is 0 Å². The molecule has 0 bridgehead atoms. The van der Waals surface area contributed by atoms with Gasteiger partial charge in [-0.15, -0.1) is 0 Å². The van der Waals surface area contributed by atoms with Crippen molar-refractivity contribution in [2.24, 2.45) is 11.1 Å². The van der Waals surface area contributed by atoms with Crippen molar-refractivity contribution in [1.82, 2.24) is 5.16 Å². The van der Waals surface area contributed by atoms with E-state index in [0.29, 0.717) is 89.3 Å². The number of aryl methyl sites for hydroxylation is 1. The number of anilines is 2. The largest absolute Gasteiger partial charge is 0.454 e. The quantitative estimate of drug-likeness (QED) is 0.110. The van der Waals surface area contributed by atoms with Crippen LogP contribution < -0.4 is 8.61 Å². The van der Waals surface area contributed by atoms with Gasteiger partial charge in [-0.05, 0) is 57.8 Å². The maximum Gasteiger partial charge on any atom is 0.235 e. The van der Waals surface area contributed by atoms with Crippen LogP contribution in [0.2, 0.25) is 0 Å². The van der Waals surface area contributed by atoms with E-state index in [1.165, 1.54) is 20.4 Å². The second-order valence-corrected chi connectivity index (χ2v) is 18.5. The van der Waals surface area contributed by atoms with Gasteiger partial charge in [0, 0.05) is 71.0 Å². The van der Waals surface area contributed by atoms with Gasteiger partial charge in [0.15, 0.2) is 28.8 Å². The second kappa shape index (κ2) is 16.2. The Balaban J connectivity index is 0.000000212. The molecule has 0 aliphatic carbocycles. The Bertz CT molecular complexity index is 2560. The summed E-state index contributed by atoms with van der Waals surface area (Å²) in [5.74, 6) is 0.208. The number of furan rings is 2. The summed E-state index contributed by atoms with van der Waals surface area (Å²) in [6.07, 6.45) is 3.72. The number of fused-ring (bicyclic) bond motifs is 2. The number of ketones is 2. The Morgan fingerprint density at radius 2 is 1.29 bits per heavy atom. The van der Waals surface area contributed by atoms with Gasteiger partial charge in [-0.3, -0.25) is 18.2 Å². The first-order valence-corrected chi connectivity index (χ1v) is 22.3. The van der Waals surface area contributed by atoms with Crippen LogP contribution in [0, 0.1) is 12.8 Å². The lowest BCUT2D eigenvalue weighted by Crippen LogP contribution is -2.25. The van der Waals surface area contributed by atoms with Gasteiger partial charge < -0.3 is 22.9 Å². The molecule has 0 saturated carbocycles. The molecule has 4 heterocycles. The van der Waals surface area contributed by atoms with Crippen molar-refractivity contribution in [3.8, 4) is 11.5 Å². The summed E-state index contributed by atoms with van der Waals surface area (Å²) in [6, 6.07) is 6.57. The van der Waals surface area contributed by atoms with Gasteiger partial charge in [0.25, 0.3) is 0 Å². The monoisotopic (exact) mass is 926 g/mol. The molecular weight excluding hydrogens is 888 g/mol. The summed E-state index contributed by atoms with van der Waals surface area (Å²) >= 11 is 6.81. The van der Waals surface area contributed by atoms with Crippen molar-refractivity contribution in [2.75, 3.05) is 41.8 Å². The Morgan fingerprint density at radius 3 is 1.71 bits per heavy atom. The van der Waals surface area contributed by atoms with Crippen LogP contribution in [0.1, 0.15) is 72.6 Å². The topological polar surface area (TPSA) is 192 Å². The molecule has 2 unspecified atom stereocenters. The smallest absolute Gasteiger partial charge is 0.235 e. The fraction of sp³-hybridized carbons (Fsp3) is 0.389. The Morgan fingerprint density at radius 1 is 0.818 bits per heavy atom. The molecular formula is C36H40Br2N4O11S2. The van der Waals surface area contributed by atoms with E-state index in [4.69, 9.17) is 22.9 Å². The van der Waals surface area contributed by atoms with Gasteiger partial charge in [-0.2, -0.15) is 0 Å². The molecule has 2 aromatic carbocycles. The number of aromatic nitrogens is 1. The molecule has 19 heteroatoms. The number of carbonyl (C=O) groups excluding carboxylic acids is 2. The predicted octanol–water partition coefficient (Wildman–Crippen LogP) is 8.06. The van der Waals surface area contributed by atoms with Crippen LogP contribution in [-0.2, 0) is 29.6 Å². The molecule has 2 atom stereocenters. The summed E-state index contributed by atoms with van der Waals surface area (Å²) < 4.78 is 73.5. The molecule has 15 nitrogen and oxygen atoms in total. The van der Waals surface area contributed by atoms with Crippen molar-refractivity contribution < 1.29 is 49.4 Å². The zero-order valence-electron chi connectivity index (χ0n) is 31.5. The third kappa shape index (κ3) is 8.26. The highest BCUT2D eigenvalue weighted by Gasteiger charge is 2.37. The molecule has 55 heavy (non-hydrogen) atoms. The average Bonchev–Trinajstić information content (AvgIpc) is 3.89. The molecule has 0 saturated heterocycles. The maximum absolute atomic E-state index is 12.8. The number of hydrogen-bond donors (Lipinski definition) is 0. The van der Waals surface area contributed by atoms with Crippen molar-refractivity contribution in [2.45, 2.75) is 53.8 Å². The number of sulfonamides is 2. The van der Waals surface area contributed by atoms with Crippen LogP contribution in [-0.4, -0.2) is 78.8 Å². The molecule has 0 fully saturated rings. The van der Waals surface area contributed by atoms with E-state index in [1.54, 1.807) is 45.0 Å².